The fourth-order valence-electron chi connectivity index (χ4n) is 4.56. The third-order valence-corrected chi connectivity index (χ3v) is 6.49. The Hall–Kier alpha value is -3.92. The number of nitrogens with one attached hydrogen (secondary N) is 2. The third-order valence-electron chi connectivity index (χ3n) is 6.49. The van der Waals surface area contributed by atoms with Gasteiger partial charge in [0, 0.05) is 12.7 Å². The number of rotatable bonds is 8. The number of carbonyl (C=O) groups excluding carboxylic acids is 4. The first-order valence-corrected chi connectivity index (χ1v) is 12.1. The third kappa shape index (κ3) is 5.29. The van der Waals surface area contributed by atoms with E-state index in [-0.39, 0.29) is 30.1 Å². The maximum atomic E-state index is 13.1. The zero-order valence-corrected chi connectivity index (χ0v) is 21.2. The van der Waals surface area contributed by atoms with Crippen LogP contribution in [0.15, 0.2) is 48.3 Å². The number of nitrogens with zero attached hydrogens (tertiary/aromatic N) is 1. The summed E-state index contributed by atoms with van der Waals surface area (Å²) in [5.41, 5.74) is 1.83. The van der Waals surface area contributed by atoms with Crippen molar-refractivity contribution in [3.63, 3.8) is 0 Å². The average Bonchev–Trinajstić information content (AvgIpc) is 3.48. The van der Waals surface area contributed by atoms with Crippen molar-refractivity contribution in [1.29, 1.82) is 0 Å². The van der Waals surface area contributed by atoms with E-state index in [1.807, 2.05) is 18.2 Å². The largest absolute Gasteiger partial charge is 0.427 e. The van der Waals surface area contributed by atoms with Gasteiger partial charge in [0.05, 0.1) is 23.5 Å². The van der Waals surface area contributed by atoms with Crippen LogP contribution in [-0.4, -0.2) is 57.7 Å². The number of carbonyl (C=O) groups is 4. The first-order chi connectivity index (χ1) is 17.5. The SMILES string of the molecule is C[C@@H](O)[C@H]1C(=O)N2C(C(=O)OCOC(=O)C(C)(C)C)=C(c3cccc(CNC(=O)c4ccc[nH]4)c3)C[C@H]12. The minimum absolute atomic E-state index is 0.0753. The van der Waals surface area contributed by atoms with Crippen molar-refractivity contribution in [1.82, 2.24) is 15.2 Å². The van der Waals surface area contributed by atoms with Gasteiger partial charge in [-0.05, 0) is 69.0 Å². The Morgan fingerprint density at radius 2 is 1.95 bits per heavy atom. The topological polar surface area (TPSA) is 138 Å². The Balaban J connectivity index is 1.55. The summed E-state index contributed by atoms with van der Waals surface area (Å²) in [5, 5.41) is 13.0. The molecule has 3 N–H and O–H groups in total. The number of aromatic nitrogens is 1. The van der Waals surface area contributed by atoms with E-state index in [0.717, 1.165) is 5.56 Å². The van der Waals surface area contributed by atoms with E-state index in [0.29, 0.717) is 23.3 Å². The Kier molecular flexibility index (Phi) is 7.22. The summed E-state index contributed by atoms with van der Waals surface area (Å²) in [6.07, 6.45) is 1.15. The molecule has 3 heterocycles. The number of hydrogen-bond donors (Lipinski definition) is 3. The number of aromatic amines is 1. The van der Waals surface area contributed by atoms with Gasteiger partial charge in [0.1, 0.15) is 11.4 Å². The van der Waals surface area contributed by atoms with Gasteiger partial charge in [-0.15, -0.1) is 0 Å². The molecule has 0 saturated carbocycles. The number of aliphatic hydroxyl groups is 1. The zero-order valence-electron chi connectivity index (χ0n) is 21.2. The van der Waals surface area contributed by atoms with Gasteiger partial charge in [0.15, 0.2) is 0 Å². The molecule has 2 aromatic rings. The number of benzene rings is 1. The molecule has 2 aliphatic heterocycles. The average molecular weight is 510 g/mol. The molecule has 2 aliphatic rings. The molecule has 1 aromatic heterocycles. The normalized spacial score (nSPS) is 19.7. The number of fused-ring (bicyclic) bond motifs is 1. The van der Waals surface area contributed by atoms with Crippen molar-refractivity contribution in [3.8, 4) is 0 Å². The van der Waals surface area contributed by atoms with Gasteiger partial charge in [-0.3, -0.25) is 14.4 Å². The Morgan fingerprint density at radius 3 is 2.59 bits per heavy atom. The number of H-pyrrole nitrogens is 1. The van der Waals surface area contributed by atoms with Crippen LogP contribution in [0.3, 0.4) is 0 Å². The molecule has 4 rings (SSSR count). The van der Waals surface area contributed by atoms with E-state index in [1.54, 1.807) is 52.1 Å². The van der Waals surface area contributed by atoms with Crippen molar-refractivity contribution in [3.05, 3.63) is 65.1 Å². The second-order valence-electron chi connectivity index (χ2n) is 10.3. The number of amides is 2. The maximum absolute atomic E-state index is 13.1. The minimum Gasteiger partial charge on any atom is -0.427 e. The lowest BCUT2D eigenvalue weighted by atomic mass is 9.82. The predicted molar refractivity (Wildman–Crippen MR) is 132 cm³/mol. The van der Waals surface area contributed by atoms with Gasteiger partial charge in [-0.25, -0.2) is 4.79 Å². The highest BCUT2D eigenvalue weighted by atomic mass is 16.7. The van der Waals surface area contributed by atoms with Crippen LogP contribution in [0.2, 0.25) is 0 Å². The molecule has 10 nitrogen and oxygen atoms in total. The van der Waals surface area contributed by atoms with E-state index in [2.05, 4.69) is 10.3 Å². The number of hydrogen-bond acceptors (Lipinski definition) is 7. The molecule has 10 heteroatoms. The molecule has 0 unspecified atom stereocenters. The molecule has 0 radical (unpaired) electrons. The monoisotopic (exact) mass is 509 g/mol. The maximum Gasteiger partial charge on any atom is 0.358 e. The van der Waals surface area contributed by atoms with Crippen LogP contribution < -0.4 is 5.32 Å². The molecule has 3 atom stereocenters. The van der Waals surface area contributed by atoms with Crippen molar-refractivity contribution in [2.24, 2.45) is 11.3 Å². The summed E-state index contributed by atoms with van der Waals surface area (Å²) in [7, 11) is 0. The van der Waals surface area contributed by atoms with Crippen molar-refractivity contribution in [2.45, 2.75) is 52.8 Å². The van der Waals surface area contributed by atoms with Crippen LogP contribution in [0, 0.1) is 11.3 Å². The highest BCUT2D eigenvalue weighted by Crippen LogP contribution is 2.47. The summed E-state index contributed by atoms with van der Waals surface area (Å²) in [4.78, 5) is 54.5. The Bertz CT molecular complexity index is 1240. The van der Waals surface area contributed by atoms with E-state index in [4.69, 9.17) is 9.47 Å². The van der Waals surface area contributed by atoms with Crippen molar-refractivity contribution < 1.29 is 33.8 Å². The first-order valence-electron chi connectivity index (χ1n) is 12.1. The van der Waals surface area contributed by atoms with E-state index >= 15 is 0 Å². The van der Waals surface area contributed by atoms with E-state index in [9.17, 15) is 24.3 Å². The lowest BCUT2D eigenvalue weighted by Gasteiger charge is -2.44. The van der Waals surface area contributed by atoms with Gasteiger partial charge in [0.25, 0.3) is 5.91 Å². The highest BCUT2D eigenvalue weighted by Gasteiger charge is 2.57. The smallest absolute Gasteiger partial charge is 0.358 e. The molecular formula is C27H31N3O7. The molecule has 0 aliphatic carbocycles. The molecule has 1 aromatic carbocycles. The summed E-state index contributed by atoms with van der Waals surface area (Å²) in [6.45, 7) is 6.27. The second-order valence-corrected chi connectivity index (χ2v) is 10.3. The summed E-state index contributed by atoms with van der Waals surface area (Å²) < 4.78 is 10.3. The van der Waals surface area contributed by atoms with E-state index in [1.165, 1.54) is 4.90 Å². The number of β-lactam (4-membered cyclic amide) rings is 1. The van der Waals surface area contributed by atoms with Crippen molar-refractivity contribution in [2.75, 3.05) is 6.79 Å². The van der Waals surface area contributed by atoms with E-state index < -0.39 is 36.2 Å². The van der Waals surface area contributed by atoms with Crippen LogP contribution >= 0.6 is 0 Å². The summed E-state index contributed by atoms with van der Waals surface area (Å²) >= 11 is 0. The molecule has 2 amide bonds. The lowest BCUT2D eigenvalue weighted by Crippen LogP contribution is -2.61. The van der Waals surface area contributed by atoms with Crippen LogP contribution in [0.4, 0.5) is 0 Å². The Morgan fingerprint density at radius 1 is 1.19 bits per heavy atom. The fourth-order valence-corrected chi connectivity index (χ4v) is 4.56. The van der Waals surface area contributed by atoms with Gasteiger partial charge in [-0.1, -0.05) is 18.2 Å². The lowest BCUT2D eigenvalue weighted by molar-refractivity contribution is -0.175. The molecule has 37 heavy (non-hydrogen) atoms. The zero-order chi connectivity index (χ0) is 26.9. The van der Waals surface area contributed by atoms with Gasteiger partial charge in [-0.2, -0.15) is 0 Å². The number of aliphatic hydroxyl groups excluding tert-OH is 1. The molecule has 196 valence electrons. The van der Waals surface area contributed by atoms with Crippen LogP contribution in [-0.2, 0) is 30.4 Å². The van der Waals surface area contributed by atoms with Crippen LogP contribution in [0.5, 0.6) is 0 Å². The van der Waals surface area contributed by atoms with Gasteiger partial charge >= 0.3 is 11.9 Å². The number of esters is 2. The van der Waals surface area contributed by atoms with Crippen LogP contribution in [0.25, 0.3) is 5.57 Å². The van der Waals surface area contributed by atoms with Crippen LogP contribution in [0.1, 0.15) is 55.7 Å². The quantitative estimate of drug-likeness (QED) is 0.282. The molecule has 0 bridgehead atoms. The predicted octanol–water partition coefficient (Wildman–Crippen LogP) is 2.36. The Labute approximate surface area is 214 Å². The van der Waals surface area contributed by atoms with Gasteiger partial charge in [0.2, 0.25) is 12.7 Å². The minimum atomic E-state index is -0.868. The summed E-state index contributed by atoms with van der Waals surface area (Å²) in [5.74, 6) is -2.55. The molecule has 0 spiro atoms. The fraction of sp³-hybridized carbons (Fsp3) is 0.407. The number of ether oxygens (including phenoxy) is 2. The first kappa shape index (κ1) is 26.2. The summed E-state index contributed by atoms with van der Waals surface area (Å²) in [6, 6.07) is 10.3. The van der Waals surface area contributed by atoms with Gasteiger partial charge < -0.3 is 29.8 Å². The van der Waals surface area contributed by atoms with Crippen molar-refractivity contribution >= 4 is 29.3 Å². The molecule has 1 saturated heterocycles. The second kappa shape index (κ2) is 10.2. The molecular weight excluding hydrogens is 478 g/mol. The molecule has 1 fully saturated rings. The highest BCUT2D eigenvalue weighted by molar-refractivity contribution is 6.06. The standard InChI is InChI=1S/C27H31N3O7/c1-15(31)21-20-12-18(17-8-5-7-16(11-17)13-29-23(32)19-9-6-10-28-19)22(30(20)24(21)33)25(34)36-14-37-26(35)27(2,3)4/h5-11,15,20-21,28,31H,12-14H2,1-4H3,(H,29,32)/t15-,20-,21-/m1/s1.